The summed E-state index contributed by atoms with van der Waals surface area (Å²) in [4.78, 5) is 47.7. The molecular formula is C19H28N4O6S. The second-order valence-electron chi connectivity index (χ2n) is 6.68. The molecule has 0 radical (unpaired) electrons. The molecule has 3 atom stereocenters. The molecule has 3 amide bonds. The van der Waals surface area contributed by atoms with Gasteiger partial charge in [-0.15, -0.1) is 0 Å². The van der Waals surface area contributed by atoms with E-state index in [0.29, 0.717) is 17.7 Å². The van der Waals surface area contributed by atoms with Gasteiger partial charge in [-0.3, -0.25) is 14.4 Å². The van der Waals surface area contributed by atoms with Gasteiger partial charge < -0.3 is 31.9 Å². The average molecular weight is 441 g/mol. The molecule has 0 aliphatic heterocycles. The molecule has 7 N–H and O–H groups in total. The highest BCUT2D eigenvalue weighted by Gasteiger charge is 2.24. The van der Waals surface area contributed by atoms with Crippen LogP contribution < -0.4 is 21.7 Å². The number of carbonyl (C=O) groups excluding carboxylic acids is 3. The van der Waals surface area contributed by atoms with E-state index in [2.05, 4.69) is 16.0 Å². The van der Waals surface area contributed by atoms with Crippen LogP contribution in [0, 0.1) is 0 Å². The molecule has 166 valence electrons. The van der Waals surface area contributed by atoms with Crippen LogP contribution in [0.1, 0.15) is 18.9 Å². The highest BCUT2D eigenvalue weighted by atomic mass is 32.2. The summed E-state index contributed by atoms with van der Waals surface area (Å²) in [6, 6.07) is 3.10. The number of hydrogen-bond acceptors (Lipinski definition) is 7. The number of nitrogens with one attached hydrogen (secondary N) is 3. The van der Waals surface area contributed by atoms with E-state index in [-0.39, 0.29) is 12.2 Å². The zero-order valence-corrected chi connectivity index (χ0v) is 17.7. The molecule has 0 aromatic heterocycles. The van der Waals surface area contributed by atoms with Gasteiger partial charge in [0.25, 0.3) is 0 Å². The number of rotatable bonds is 12. The van der Waals surface area contributed by atoms with Gasteiger partial charge in [0.1, 0.15) is 17.8 Å². The van der Waals surface area contributed by atoms with Gasteiger partial charge in [-0.1, -0.05) is 12.1 Å². The van der Waals surface area contributed by atoms with Crippen LogP contribution in [0.4, 0.5) is 0 Å². The number of phenolic OH excluding ortho intramolecular Hbond substituents is 1. The van der Waals surface area contributed by atoms with Gasteiger partial charge in [0.2, 0.25) is 17.7 Å². The zero-order valence-electron chi connectivity index (χ0n) is 16.9. The second kappa shape index (κ2) is 12.7. The molecule has 0 saturated carbocycles. The van der Waals surface area contributed by atoms with E-state index in [0.717, 1.165) is 0 Å². The molecule has 0 spiro atoms. The normalized spacial score (nSPS) is 13.6. The SMILES string of the molecule is CSCCC(NC(=O)C(C)N)C(=O)NCC(=O)NC(Cc1ccc(O)cc1)C(=O)O. The number of amides is 3. The standard InChI is InChI=1S/C19H28N4O6S/c1-11(20)17(26)23-14(7-8-30-2)18(27)21-10-16(25)22-15(19(28)29)9-12-3-5-13(24)6-4-12/h3-6,11,14-15,24H,7-10,20H2,1-2H3,(H,21,27)(H,22,25)(H,23,26)(H,28,29). The number of thioether (sulfide) groups is 1. The van der Waals surface area contributed by atoms with Crippen molar-refractivity contribution in [3.8, 4) is 5.75 Å². The van der Waals surface area contributed by atoms with E-state index in [1.807, 2.05) is 6.26 Å². The summed E-state index contributed by atoms with van der Waals surface area (Å²) in [5, 5.41) is 25.9. The minimum Gasteiger partial charge on any atom is -0.508 e. The van der Waals surface area contributed by atoms with Crippen molar-refractivity contribution in [1.29, 1.82) is 0 Å². The number of nitrogens with two attached hydrogens (primary N) is 1. The monoisotopic (exact) mass is 440 g/mol. The fourth-order valence-electron chi connectivity index (χ4n) is 2.41. The number of carbonyl (C=O) groups is 4. The first kappa shape index (κ1) is 25.2. The number of hydrogen-bond donors (Lipinski definition) is 6. The zero-order chi connectivity index (χ0) is 22.7. The highest BCUT2D eigenvalue weighted by Crippen LogP contribution is 2.11. The Hall–Kier alpha value is -2.79. The Kier molecular flexibility index (Phi) is 10.7. The summed E-state index contributed by atoms with van der Waals surface area (Å²) in [6.07, 6.45) is 2.22. The Morgan fingerprint density at radius 1 is 1.07 bits per heavy atom. The molecule has 10 nitrogen and oxygen atoms in total. The van der Waals surface area contributed by atoms with Crippen molar-refractivity contribution in [1.82, 2.24) is 16.0 Å². The van der Waals surface area contributed by atoms with E-state index < -0.39 is 48.4 Å². The summed E-state index contributed by atoms with van der Waals surface area (Å²) in [5.41, 5.74) is 6.12. The molecular weight excluding hydrogens is 412 g/mol. The third-order valence-electron chi connectivity index (χ3n) is 4.09. The first-order chi connectivity index (χ1) is 14.1. The number of carboxylic acid groups (broad SMARTS) is 1. The van der Waals surface area contributed by atoms with Crippen LogP contribution in [0.5, 0.6) is 5.75 Å². The van der Waals surface area contributed by atoms with Gasteiger partial charge in [0, 0.05) is 6.42 Å². The molecule has 0 saturated heterocycles. The van der Waals surface area contributed by atoms with Crippen LogP contribution in [-0.2, 0) is 25.6 Å². The van der Waals surface area contributed by atoms with Crippen LogP contribution in [0.2, 0.25) is 0 Å². The predicted molar refractivity (Wildman–Crippen MR) is 113 cm³/mol. The fourth-order valence-corrected chi connectivity index (χ4v) is 2.88. The van der Waals surface area contributed by atoms with Gasteiger partial charge in [-0.05, 0) is 43.0 Å². The Balaban J connectivity index is 2.63. The second-order valence-corrected chi connectivity index (χ2v) is 7.66. The van der Waals surface area contributed by atoms with Crippen molar-refractivity contribution in [2.75, 3.05) is 18.6 Å². The molecule has 0 bridgehead atoms. The number of phenols is 1. The number of aliphatic carboxylic acids is 1. The maximum absolute atomic E-state index is 12.4. The van der Waals surface area contributed by atoms with E-state index in [4.69, 9.17) is 5.73 Å². The lowest BCUT2D eigenvalue weighted by molar-refractivity contribution is -0.141. The smallest absolute Gasteiger partial charge is 0.326 e. The summed E-state index contributed by atoms with van der Waals surface area (Å²) in [6.45, 7) is 1.05. The quantitative estimate of drug-likeness (QED) is 0.245. The Labute approximate surface area is 179 Å². The Morgan fingerprint density at radius 2 is 1.70 bits per heavy atom. The number of benzene rings is 1. The van der Waals surface area contributed by atoms with Gasteiger partial charge in [-0.25, -0.2) is 4.79 Å². The van der Waals surface area contributed by atoms with Crippen molar-refractivity contribution >= 4 is 35.5 Å². The number of carboxylic acids is 1. The van der Waals surface area contributed by atoms with Crippen LogP contribution in [0.15, 0.2) is 24.3 Å². The molecule has 11 heteroatoms. The molecule has 0 aliphatic carbocycles. The van der Waals surface area contributed by atoms with E-state index in [1.165, 1.54) is 30.8 Å². The van der Waals surface area contributed by atoms with Gasteiger partial charge in [0.15, 0.2) is 0 Å². The lowest BCUT2D eigenvalue weighted by Gasteiger charge is -2.20. The van der Waals surface area contributed by atoms with Gasteiger partial charge >= 0.3 is 5.97 Å². The molecule has 3 unspecified atom stereocenters. The molecule has 1 aromatic carbocycles. The number of aromatic hydroxyl groups is 1. The van der Waals surface area contributed by atoms with E-state index in [1.54, 1.807) is 12.1 Å². The minimum absolute atomic E-state index is 0.0100. The molecule has 1 aromatic rings. The Morgan fingerprint density at radius 3 is 2.23 bits per heavy atom. The highest BCUT2D eigenvalue weighted by molar-refractivity contribution is 7.98. The van der Waals surface area contributed by atoms with Crippen molar-refractivity contribution in [2.45, 2.75) is 37.9 Å². The van der Waals surface area contributed by atoms with Gasteiger partial charge in [0.05, 0.1) is 12.6 Å². The van der Waals surface area contributed by atoms with E-state index >= 15 is 0 Å². The molecule has 30 heavy (non-hydrogen) atoms. The van der Waals surface area contributed by atoms with Crippen molar-refractivity contribution in [3.63, 3.8) is 0 Å². The molecule has 1 rings (SSSR count). The summed E-state index contributed by atoms with van der Waals surface area (Å²) in [7, 11) is 0. The molecule has 0 fully saturated rings. The predicted octanol–water partition coefficient (Wildman–Crippen LogP) is -0.795. The summed E-state index contributed by atoms with van der Waals surface area (Å²) in [5.74, 6) is -2.30. The molecule has 0 aliphatic rings. The summed E-state index contributed by atoms with van der Waals surface area (Å²) < 4.78 is 0. The van der Waals surface area contributed by atoms with Crippen LogP contribution in [0.3, 0.4) is 0 Å². The lowest BCUT2D eigenvalue weighted by atomic mass is 10.1. The third kappa shape index (κ3) is 9.14. The Bertz CT molecular complexity index is 741. The molecule has 0 heterocycles. The topological polar surface area (TPSA) is 171 Å². The van der Waals surface area contributed by atoms with Crippen molar-refractivity contribution < 1.29 is 29.4 Å². The first-order valence-corrected chi connectivity index (χ1v) is 10.7. The fraction of sp³-hybridized carbons (Fsp3) is 0.474. The van der Waals surface area contributed by atoms with Crippen LogP contribution >= 0.6 is 11.8 Å². The van der Waals surface area contributed by atoms with Crippen molar-refractivity contribution in [3.05, 3.63) is 29.8 Å². The van der Waals surface area contributed by atoms with Crippen LogP contribution in [-0.4, -0.2) is 70.6 Å². The largest absolute Gasteiger partial charge is 0.508 e. The minimum atomic E-state index is -1.23. The third-order valence-corrected chi connectivity index (χ3v) is 4.73. The maximum Gasteiger partial charge on any atom is 0.326 e. The maximum atomic E-state index is 12.4. The van der Waals surface area contributed by atoms with Crippen molar-refractivity contribution in [2.24, 2.45) is 5.73 Å². The average Bonchev–Trinajstić information content (AvgIpc) is 2.69. The summed E-state index contributed by atoms with van der Waals surface area (Å²) >= 11 is 1.50. The first-order valence-electron chi connectivity index (χ1n) is 9.26. The van der Waals surface area contributed by atoms with Gasteiger partial charge in [-0.2, -0.15) is 11.8 Å². The van der Waals surface area contributed by atoms with Crippen LogP contribution in [0.25, 0.3) is 0 Å². The van der Waals surface area contributed by atoms with E-state index in [9.17, 15) is 29.4 Å². The lowest BCUT2D eigenvalue weighted by Crippen LogP contribution is -2.53.